The summed E-state index contributed by atoms with van der Waals surface area (Å²) in [6.45, 7) is 4.83. The van der Waals surface area contributed by atoms with Gasteiger partial charge < -0.3 is 5.32 Å². The molecule has 2 aromatic rings. The number of aromatic nitrogens is 2. The quantitative estimate of drug-likeness (QED) is 0.888. The first-order chi connectivity index (χ1) is 12.3. The molecule has 8 heteroatoms. The number of nitrogens with zero attached hydrogens (tertiary/aromatic N) is 3. The lowest BCUT2D eigenvalue weighted by Gasteiger charge is -2.25. The Hall–Kier alpha value is -2.19. The SMILES string of the molecule is Cc1nn(C)c(C)c1NC(=O)c1ccc(S(=O)(=O)N2CCCCC2)cc1. The number of nitrogens with one attached hydrogen (secondary N) is 1. The lowest BCUT2D eigenvalue weighted by atomic mass is 10.2. The van der Waals surface area contributed by atoms with Crippen LogP contribution in [0.3, 0.4) is 0 Å². The molecule has 0 spiro atoms. The van der Waals surface area contributed by atoms with E-state index in [1.165, 1.54) is 16.4 Å². The molecule has 7 nitrogen and oxygen atoms in total. The topological polar surface area (TPSA) is 84.3 Å². The lowest BCUT2D eigenvalue weighted by Crippen LogP contribution is -2.35. The Morgan fingerprint density at radius 2 is 1.69 bits per heavy atom. The lowest BCUT2D eigenvalue weighted by molar-refractivity contribution is 0.102. The molecule has 26 heavy (non-hydrogen) atoms. The predicted octanol–water partition coefficient (Wildman–Crippen LogP) is 2.46. The highest BCUT2D eigenvalue weighted by atomic mass is 32.2. The van der Waals surface area contributed by atoms with Crippen LogP contribution >= 0.6 is 0 Å². The van der Waals surface area contributed by atoms with Crippen LogP contribution in [0, 0.1) is 13.8 Å². The zero-order valence-electron chi connectivity index (χ0n) is 15.3. The van der Waals surface area contributed by atoms with Gasteiger partial charge in [-0.25, -0.2) is 8.42 Å². The molecule has 1 fully saturated rings. The van der Waals surface area contributed by atoms with E-state index in [1.54, 1.807) is 16.8 Å². The monoisotopic (exact) mass is 376 g/mol. The molecule has 0 aliphatic carbocycles. The van der Waals surface area contributed by atoms with Gasteiger partial charge in [0.25, 0.3) is 5.91 Å². The fraction of sp³-hybridized carbons (Fsp3) is 0.444. The third-order valence-electron chi connectivity index (χ3n) is 4.82. The summed E-state index contributed by atoms with van der Waals surface area (Å²) in [7, 11) is -1.67. The van der Waals surface area contributed by atoms with Crippen LogP contribution in [0.5, 0.6) is 0 Å². The summed E-state index contributed by atoms with van der Waals surface area (Å²) >= 11 is 0. The zero-order valence-corrected chi connectivity index (χ0v) is 16.1. The summed E-state index contributed by atoms with van der Waals surface area (Å²) in [5, 5.41) is 7.13. The van der Waals surface area contributed by atoms with Gasteiger partial charge in [0, 0.05) is 25.7 Å². The molecule has 1 aromatic carbocycles. The first-order valence-corrected chi connectivity index (χ1v) is 10.2. The Bertz CT molecular complexity index is 911. The fourth-order valence-electron chi connectivity index (χ4n) is 3.17. The van der Waals surface area contributed by atoms with E-state index in [2.05, 4.69) is 10.4 Å². The van der Waals surface area contributed by atoms with Crippen LogP contribution in [-0.4, -0.2) is 41.5 Å². The molecule has 0 bridgehead atoms. The van der Waals surface area contributed by atoms with E-state index in [0.717, 1.165) is 30.7 Å². The molecule has 1 aromatic heterocycles. The number of piperidine rings is 1. The van der Waals surface area contributed by atoms with Crippen LogP contribution in [0.25, 0.3) is 0 Å². The zero-order chi connectivity index (χ0) is 18.9. The van der Waals surface area contributed by atoms with E-state index in [0.29, 0.717) is 24.3 Å². The van der Waals surface area contributed by atoms with Crippen LogP contribution in [0.2, 0.25) is 0 Å². The first-order valence-electron chi connectivity index (χ1n) is 8.72. The average molecular weight is 376 g/mol. The van der Waals surface area contributed by atoms with Gasteiger partial charge in [0.15, 0.2) is 0 Å². The summed E-state index contributed by atoms with van der Waals surface area (Å²) in [6, 6.07) is 6.10. The third kappa shape index (κ3) is 3.52. The van der Waals surface area contributed by atoms with E-state index in [4.69, 9.17) is 0 Å². The molecule has 1 amide bonds. The highest BCUT2D eigenvalue weighted by Crippen LogP contribution is 2.22. The molecule has 1 aliphatic heterocycles. The highest BCUT2D eigenvalue weighted by Gasteiger charge is 2.26. The number of hydrogen-bond donors (Lipinski definition) is 1. The number of hydrogen-bond acceptors (Lipinski definition) is 4. The Kier molecular flexibility index (Phi) is 5.15. The average Bonchev–Trinajstić information content (AvgIpc) is 2.88. The molecule has 1 aliphatic rings. The van der Waals surface area contributed by atoms with Gasteiger partial charge in [-0.15, -0.1) is 0 Å². The molecule has 0 saturated carbocycles. The molecule has 0 radical (unpaired) electrons. The number of rotatable bonds is 4. The smallest absolute Gasteiger partial charge is 0.255 e. The van der Waals surface area contributed by atoms with Gasteiger partial charge in [-0.1, -0.05) is 6.42 Å². The maximum Gasteiger partial charge on any atom is 0.255 e. The predicted molar refractivity (Wildman–Crippen MR) is 99.7 cm³/mol. The Balaban J connectivity index is 1.77. The van der Waals surface area contributed by atoms with Crippen LogP contribution in [0.15, 0.2) is 29.2 Å². The second-order valence-electron chi connectivity index (χ2n) is 6.61. The molecule has 140 valence electrons. The van der Waals surface area contributed by atoms with Crippen molar-refractivity contribution in [2.75, 3.05) is 18.4 Å². The minimum absolute atomic E-state index is 0.227. The van der Waals surface area contributed by atoms with Crippen molar-refractivity contribution in [2.24, 2.45) is 7.05 Å². The maximum absolute atomic E-state index is 12.7. The van der Waals surface area contributed by atoms with Gasteiger partial charge in [-0.3, -0.25) is 9.48 Å². The number of amides is 1. The molecule has 1 saturated heterocycles. The van der Waals surface area contributed by atoms with E-state index in [1.807, 2.05) is 20.9 Å². The molecule has 2 heterocycles. The molecule has 0 atom stereocenters. The molecule has 1 N–H and O–H groups in total. The minimum atomic E-state index is -3.49. The van der Waals surface area contributed by atoms with Crippen molar-refractivity contribution in [3.63, 3.8) is 0 Å². The normalized spacial score (nSPS) is 15.8. The Labute approximate surface area is 154 Å². The number of aryl methyl sites for hydroxylation is 2. The van der Waals surface area contributed by atoms with E-state index in [9.17, 15) is 13.2 Å². The summed E-state index contributed by atoms with van der Waals surface area (Å²) in [6.07, 6.45) is 2.85. The number of sulfonamides is 1. The first kappa shape index (κ1) is 18.6. The Morgan fingerprint density at radius 3 is 2.23 bits per heavy atom. The van der Waals surface area contributed by atoms with Crippen LogP contribution < -0.4 is 5.32 Å². The largest absolute Gasteiger partial charge is 0.319 e. The summed E-state index contributed by atoms with van der Waals surface area (Å²) < 4.78 is 28.6. The molecule has 0 unspecified atom stereocenters. The van der Waals surface area contributed by atoms with Gasteiger partial charge in [0.1, 0.15) is 0 Å². The van der Waals surface area contributed by atoms with E-state index >= 15 is 0 Å². The van der Waals surface area contributed by atoms with Crippen molar-refractivity contribution < 1.29 is 13.2 Å². The number of anilines is 1. The van der Waals surface area contributed by atoms with Crippen molar-refractivity contribution in [1.29, 1.82) is 0 Å². The number of carbonyl (C=O) groups excluding carboxylic acids is 1. The van der Waals surface area contributed by atoms with Crippen LogP contribution in [0.1, 0.15) is 41.0 Å². The summed E-state index contributed by atoms with van der Waals surface area (Å²) in [4.78, 5) is 12.7. The van der Waals surface area contributed by atoms with Gasteiger partial charge in [-0.05, 0) is 51.0 Å². The van der Waals surface area contributed by atoms with Crippen molar-refractivity contribution in [2.45, 2.75) is 38.0 Å². The summed E-state index contributed by atoms with van der Waals surface area (Å²) in [5.74, 6) is -0.286. The second kappa shape index (κ2) is 7.20. The molecular formula is C18H24N4O3S. The van der Waals surface area contributed by atoms with Crippen molar-refractivity contribution >= 4 is 21.6 Å². The third-order valence-corrected chi connectivity index (χ3v) is 6.73. The van der Waals surface area contributed by atoms with Gasteiger partial charge in [-0.2, -0.15) is 9.40 Å². The van der Waals surface area contributed by atoms with Gasteiger partial charge >= 0.3 is 0 Å². The van der Waals surface area contributed by atoms with Crippen LogP contribution in [-0.2, 0) is 17.1 Å². The highest BCUT2D eigenvalue weighted by molar-refractivity contribution is 7.89. The van der Waals surface area contributed by atoms with E-state index in [-0.39, 0.29) is 10.8 Å². The molecule has 3 rings (SSSR count). The van der Waals surface area contributed by atoms with Gasteiger partial charge in [0.2, 0.25) is 10.0 Å². The molecular weight excluding hydrogens is 352 g/mol. The summed E-state index contributed by atoms with van der Waals surface area (Å²) in [5.41, 5.74) is 2.69. The standard InChI is InChI=1S/C18H24N4O3S/c1-13-17(14(2)21(3)20-13)19-18(23)15-7-9-16(10-8-15)26(24,25)22-11-5-4-6-12-22/h7-10H,4-6,11-12H2,1-3H3,(H,19,23). The Morgan fingerprint density at radius 1 is 1.08 bits per heavy atom. The fourth-order valence-corrected chi connectivity index (χ4v) is 4.69. The second-order valence-corrected chi connectivity index (χ2v) is 8.55. The van der Waals surface area contributed by atoms with Crippen molar-refractivity contribution in [3.8, 4) is 0 Å². The van der Waals surface area contributed by atoms with E-state index < -0.39 is 10.0 Å². The number of benzene rings is 1. The maximum atomic E-state index is 12.7. The minimum Gasteiger partial charge on any atom is -0.319 e. The number of carbonyl (C=O) groups is 1. The van der Waals surface area contributed by atoms with Crippen molar-refractivity contribution in [1.82, 2.24) is 14.1 Å². The van der Waals surface area contributed by atoms with Gasteiger partial charge in [0.05, 0.1) is 22.0 Å². The van der Waals surface area contributed by atoms with Crippen LogP contribution in [0.4, 0.5) is 5.69 Å². The van der Waals surface area contributed by atoms with Crippen molar-refractivity contribution in [3.05, 3.63) is 41.2 Å².